The van der Waals surface area contributed by atoms with Crippen molar-refractivity contribution in [3.63, 3.8) is 0 Å². The average Bonchev–Trinajstić information content (AvgIpc) is 3.09. The van der Waals surface area contributed by atoms with Gasteiger partial charge in [-0.05, 0) is 36.5 Å². The van der Waals surface area contributed by atoms with E-state index in [-0.39, 0.29) is 12.5 Å². The lowest BCUT2D eigenvalue weighted by Gasteiger charge is -2.21. The fourth-order valence-electron chi connectivity index (χ4n) is 2.11. The number of aliphatic hydroxyl groups excluding tert-OH is 1. The summed E-state index contributed by atoms with van der Waals surface area (Å²) in [6.45, 7) is 0. The van der Waals surface area contributed by atoms with Crippen LogP contribution < -0.4 is 0 Å². The molecule has 0 heterocycles. The van der Waals surface area contributed by atoms with Crippen molar-refractivity contribution >= 4 is 0 Å². The van der Waals surface area contributed by atoms with Crippen molar-refractivity contribution in [3.05, 3.63) is 35.4 Å². The van der Waals surface area contributed by atoms with Crippen LogP contribution in [0, 0.1) is 17.6 Å². The van der Waals surface area contributed by atoms with E-state index < -0.39 is 17.7 Å². The van der Waals surface area contributed by atoms with Crippen LogP contribution in [0.2, 0.25) is 0 Å². The van der Waals surface area contributed by atoms with Crippen molar-refractivity contribution in [3.8, 4) is 0 Å². The van der Waals surface area contributed by atoms with Crippen molar-refractivity contribution in [2.24, 2.45) is 5.92 Å². The lowest BCUT2D eigenvalue weighted by molar-refractivity contribution is -0.0238. The molecule has 1 aromatic rings. The highest BCUT2D eigenvalue weighted by Crippen LogP contribution is 2.36. The highest BCUT2D eigenvalue weighted by Gasteiger charge is 2.36. The van der Waals surface area contributed by atoms with Gasteiger partial charge in [-0.25, -0.2) is 8.78 Å². The number of methoxy groups -OCH3 is 1. The zero-order valence-electron chi connectivity index (χ0n) is 9.70. The van der Waals surface area contributed by atoms with Gasteiger partial charge in [0, 0.05) is 13.5 Å². The maximum atomic E-state index is 13.0. The number of benzene rings is 1. The fraction of sp³-hybridized carbons (Fsp3) is 0.538. The van der Waals surface area contributed by atoms with Crippen LogP contribution >= 0.6 is 0 Å². The van der Waals surface area contributed by atoms with E-state index in [1.165, 1.54) is 6.07 Å². The molecule has 1 aliphatic rings. The molecule has 94 valence electrons. The Hall–Kier alpha value is -1.00. The first-order valence-electron chi connectivity index (χ1n) is 5.76. The van der Waals surface area contributed by atoms with Gasteiger partial charge in [0.1, 0.15) is 0 Å². The van der Waals surface area contributed by atoms with E-state index >= 15 is 0 Å². The monoisotopic (exact) mass is 242 g/mol. The van der Waals surface area contributed by atoms with Gasteiger partial charge >= 0.3 is 0 Å². The second kappa shape index (κ2) is 5.10. The molecule has 4 heteroatoms. The number of rotatable bonds is 5. The molecule has 2 rings (SSSR count). The molecule has 0 radical (unpaired) electrons. The predicted octanol–water partition coefficient (Wildman–Crippen LogP) is 2.29. The van der Waals surface area contributed by atoms with Crippen molar-refractivity contribution in [2.75, 3.05) is 7.11 Å². The van der Waals surface area contributed by atoms with Crippen LogP contribution in [0.25, 0.3) is 0 Å². The fourth-order valence-corrected chi connectivity index (χ4v) is 2.11. The van der Waals surface area contributed by atoms with Gasteiger partial charge in [0.15, 0.2) is 11.6 Å². The third kappa shape index (κ3) is 3.01. The molecule has 1 aromatic carbocycles. The van der Waals surface area contributed by atoms with Crippen molar-refractivity contribution in [1.29, 1.82) is 0 Å². The Bertz CT molecular complexity index is 391. The summed E-state index contributed by atoms with van der Waals surface area (Å²) >= 11 is 0. The van der Waals surface area contributed by atoms with E-state index in [4.69, 9.17) is 4.74 Å². The first kappa shape index (κ1) is 12.5. The summed E-state index contributed by atoms with van der Waals surface area (Å²) in [7, 11) is 1.57. The molecule has 2 unspecified atom stereocenters. The van der Waals surface area contributed by atoms with Gasteiger partial charge < -0.3 is 9.84 Å². The molecule has 1 saturated carbocycles. The van der Waals surface area contributed by atoms with Crippen molar-refractivity contribution in [2.45, 2.75) is 31.5 Å². The largest absolute Gasteiger partial charge is 0.390 e. The number of halogens is 2. The van der Waals surface area contributed by atoms with E-state index in [2.05, 4.69) is 0 Å². The molecule has 0 spiro atoms. The molecular weight excluding hydrogens is 226 g/mol. The van der Waals surface area contributed by atoms with Gasteiger partial charge in [-0.2, -0.15) is 0 Å². The quantitative estimate of drug-likeness (QED) is 0.858. The smallest absolute Gasteiger partial charge is 0.159 e. The Morgan fingerprint density at radius 2 is 2.06 bits per heavy atom. The normalized spacial score (nSPS) is 19.1. The van der Waals surface area contributed by atoms with Gasteiger partial charge in [-0.1, -0.05) is 6.07 Å². The molecular formula is C13H16F2O2. The van der Waals surface area contributed by atoms with Gasteiger partial charge in [0.2, 0.25) is 0 Å². The minimum absolute atomic E-state index is 0.205. The van der Waals surface area contributed by atoms with Crippen LogP contribution in [0.15, 0.2) is 18.2 Å². The molecule has 1 aliphatic carbocycles. The van der Waals surface area contributed by atoms with E-state index in [1.807, 2.05) is 0 Å². The third-order valence-corrected chi connectivity index (χ3v) is 3.17. The maximum absolute atomic E-state index is 13.0. The van der Waals surface area contributed by atoms with Crippen LogP contribution in [0.5, 0.6) is 0 Å². The predicted molar refractivity (Wildman–Crippen MR) is 59.6 cm³/mol. The summed E-state index contributed by atoms with van der Waals surface area (Å²) in [5.74, 6) is -1.34. The third-order valence-electron chi connectivity index (χ3n) is 3.17. The summed E-state index contributed by atoms with van der Waals surface area (Å²) in [6, 6.07) is 3.69. The Morgan fingerprint density at radius 3 is 2.59 bits per heavy atom. The lowest BCUT2D eigenvalue weighted by atomic mass is 10.0. The molecule has 0 saturated heterocycles. The first-order chi connectivity index (χ1) is 8.11. The van der Waals surface area contributed by atoms with Gasteiger partial charge in [-0.15, -0.1) is 0 Å². The van der Waals surface area contributed by atoms with Crippen LogP contribution in [0.3, 0.4) is 0 Å². The molecule has 0 aliphatic heterocycles. The lowest BCUT2D eigenvalue weighted by Crippen LogP contribution is -2.31. The second-order valence-electron chi connectivity index (χ2n) is 4.56. The maximum Gasteiger partial charge on any atom is 0.159 e. The number of aliphatic hydroxyl groups is 1. The van der Waals surface area contributed by atoms with Gasteiger partial charge in [0.25, 0.3) is 0 Å². The summed E-state index contributed by atoms with van der Waals surface area (Å²) in [4.78, 5) is 0. The van der Waals surface area contributed by atoms with Crippen molar-refractivity contribution in [1.82, 2.24) is 0 Å². The van der Waals surface area contributed by atoms with Crippen LogP contribution in [0.1, 0.15) is 18.4 Å². The van der Waals surface area contributed by atoms with Crippen LogP contribution in [-0.4, -0.2) is 24.4 Å². The first-order valence-corrected chi connectivity index (χ1v) is 5.76. The zero-order chi connectivity index (χ0) is 12.4. The Kier molecular flexibility index (Phi) is 3.74. The van der Waals surface area contributed by atoms with Gasteiger partial charge in [0.05, 0.1) is 12.2 Å². The van der Waals surface area contributed by atoms with E-state index in [0.29, 0.717) is 11.5 Å². The summed E-state index contributed by atoms with van der Waals surface area (Å²) < 4.78 is 31.0. The Balaban J connectivity index is 2.01. The molecule has 2 nitrogen and oxygen atoms in total. The molecule has 2 atom stereocenters. The summed E-state index contributed by atoms with van der Waals surface area (Å²) in [5.41, 5.74) is 0.583. The number of ether oxygens (including phenoxy) is 1. The Morgan fingerprint density at radius 1 is 1.35 bits per heavy atom. The SMILES string of the molecule is COC(C(O)Cc1ccc(F)c(F)c1)C1CC1. The van der Waals surface area contributed by atoms with Crippen molar-refractivity contribution < 1.29 is 18.6 Å². The molecule has 1 fully saturated rings. The molecule has 0 aromatic heterocycles. The van der Waals surface area contributed by atoms with E-state index in [9.17, 15) is 13.9 Å². The number of hydrogen-bond acceptors (Lipinski definition) is 2. The topological polar surface area (TPSA) is 29.5 Å². The highest BCUT2D eigenvalue weighted by molar-refractivity contribution is 5.19. The summed E-state index contributed by atoms with van der Waals surface area (Å²) in [5, 5.41) is 9.99. The minimum atomic E-state index is -0.880. The van der Waals surface area contributed by atoms with Gasteiger partial charge in [-0.3, -0.25) is 0 Å². The average molecular weight is 242 g/mol. The molecule has 17 heavy (non-hydrogen) atoms. The van der Waals surface area contributed by atoms with Crippen LogP contribution in [-0.2, 0) is 11.2 Å². The minimum Gasteiger partial charge on any atom is -0.390 e. The Labute approximate surface area is 99.2 Å². The number of hydrogen-bond donors (Lipinski definition) is 1. The summed E-state index contributed by atoms with van der Waals surface area (Å²) in [6.07, 6.45) is 1.54. The standard InChI is InChI=1S/C13H16F2O2/c1-17-13(9-3-4-9)12(16)7-8-2-5-10(14)11(15)6-8/h2,5-6,9,12-13,16H,3-4,7H2,1H3. The highest BCUT2D eigenvalue weighted by atomic mass is 19.2. The molecule has 1 N–H and O–H groups in total. The van der Waals surface area contributed by atoms with E-state index in [0.717, 1.165) is 25.0 Å². The molecule has 0 amide bonds. The van der Waals surface area contributed by atoms with E-state index in [1.54, 1.807) is 7.11 Å². The second-order valence-corrected chi connectivity index (χ2v) is 4.56. The van der Waals surface area contributed by atoms with Crippen LogP contribution in [0.4, 0.5) is 8.78 Å². The molecule has 0 bridgehead atoms. The zero-order valence-corrected chi connectivity index (χ0v) is 9.70.